The molecule has 224 valence electrons. The van der Waals surface area contributed by atoms with E-state index in [0.29, 0.717) is 17.5 Å². The number of phenolic OH excluding ortho intramolecular Hbond substituents is 2. The first-order valence-corrected chi connectivity index (χ1v) is 13.7. The van der Waals surface area contributed by atoms with Crippen LogP contribution in [0.5, 0.6) is 11.5 Å². The fraction of sp³-hybridized carbons (Fsp3) is 0.467. The lowest BCUT2D eigenvalue weighted by Crippen LogP contribution is -2.58. The minimum atomic E-state index is -1.20. The van der Waals surface area contributed by atoms with E-state index in [2.05, 4.69) is 16.0 Å². The van der Waals surface area contributed by atoms with Crippen molar-refractivity contribution >= 4 is 23.7 Å². The van der Waals surface area contributed by atoms with Crippen LogP contribution in [0.3, 0.4) is 0 Å². The van der Waals surface area contributed by atoms with Gasteiger partial charge in [0.05, 0.1) is 6.04 Å². The van der Waals surface area contributed by atoms with E-state index in [4.69, 9.17) is 5.73 Å². The van der Waals surface area contributed by atoms with Gasteiger partial charge in [0.15, 0.2) is 0 Å². The average Bonchev–Trinajstić information content (AvgIpc) is 2.89. The number of carboxylic acids is 1. The zero-order valence-corrected chi connectivity index (χ0v) is 24.0. The molecule has 0 heterocycles. The van der Waals surface area contributed by atoms with Crippen LogP contribution in [0, 0.1) is 11.8 Å². The zero-order valence-electron chi connectivity index (χ0n) is 24.0. The van der Waals surface area contributed by atoms with Crippen LogP contribution in [0.25, 0.3) is 0 Å². The fourth-order valence-corrected chi connectivity index (χ4v) is 4.29. The highest BCUT2D eigenvalue weighted by Gasteiger charge is 2.31. The number of carbonyl (C=O) groups excluding carboxylic acids is 3. The van der Waals surface area contributed by atoms with Crippen molar-refractivity contribution in [3.8, 4) is 11.5 Å². The van der Waals surface area contributed by atoms with Gasteiger partial charge in [0, 0.05) is 12.8 Å². The molecule has 4 unspecified atom stereocenters. The van der Waals surface area contributed by atoms with Crippen molar-refractivity contribution in [3.05, 3.63) is 59.7 Å². The fourth-order valence-electron chi connectivity index (χ4n) is 4.29. The smallest absolute Gasteiger partial charge is 0.326 e. The molecule has 4 atom stereocenters. The number of phenols is 2. The number of hydrogen-bond donors (Lipinski definition) is 7. The monoisotopic (exact) mass is 570 g/mol. The molecule has 0 aromatic heterocycles. The summed E-state index contributed by atoms with van der Waals surface area (Å²) in [7, 11) is 0. The number of aliphatic carboxylic acids is 1. The average molecular weight is 571 g/mol. The second-order valence-corrected chi connectivity index (χ2v) is 11.1. The summed E-state index contributed by atoms with van der Waals surface area (Å²) < 4.78 is 0. The molecule has 0 aliphatic heterocycles. The first-order chi connectivity index (χ1) is 19.2. The van der Waals surface area contributed by atoms with Gasteiger partial charge in [-0.15, -0.1) is 0 Å². The third-order valence-corrected chi connectivity index (χ3v) is 6.40. The normalized spacial score (nSPS) is 14.1. The van der Waals surface area contributed by atoms with Gasteiger partial charge < -0.3 is 37.0 Å². The Hall–Kier alpha value is -4.12. The molecule has 0 aliphatic rings. The Kier molecular flexibility index (Phi) is 12.6. The zero-order chi connectivity index (χ0) is 30.7. The molecular weight excluding hydrogens is 528 g/mol. The Labute approximate surface area is 240 Å². The number of amides is 3. The van der Waals surface area contributed by atoms with Crippen LogP contribution in [0.15, 0.2) is 48.5 Å². The minimum Gasteiger partial charge on any atom is -0.508 e. The van der Waals surface area contributed by atoms with E-state index in [9.17, 15) is 34.5 Å². The number of aromatic hydroxyl groups is 2. The molecule has 0 saturated heterocycles. The number of carboxylic acid groups (broad SMARTS) is 1. The molecule has 0 spiro atoms. The van der Waals surface area contributed by atoms with Crippen molar-refractivity contribution in [3.63, 3.8) is 0 Å². The van der Waals surface area contributed by atoms with Gasteiger partial charge in [-0.05, 0) is 60.1 Å². The summed E-state index contributed by atoms with van der Waals surface area (Å²) in [5.41, 5.74) is 7.30. The van der Waals surface area contributed by atoms with Gasteiger partial charge in [-0.25, -0.2) is 4.79 Å². The minimum absolute atomic E-state index is 0.00138. The van der Waals surface area contributed by atoms with Gasteiger partial charge in [-0.2, -0.15) is 0 Å². The SMILES string of the molecule is CC(C)CC(N)C(=O)NC(Cc1ccc(O)cc1)C(=O)NC(Cc1ccc(O)cc1)C(=O)NC(CC(C)C)C(=O)O. The highest BCUT2D eigenvalue weighted by Crippen LogP contribution is 2.15. The van der Waals surface area contributed by atoms with Gasteiger partial charge in [0.2, 0.25) is 17.7 Å². The molecule has 11 nitrogen and oxygen atoms in total. The maximum Gasteiger partial charge on any atom is 0.326 e. The number of carbonyl (C=O) groups is 4. The first kappa shape index (κ1) is 33.1. The van der Waals surface area contributed by atoms with Gasteiger partial charge in [-0.1, -0.05) is 52.0 Å². The number of benzene rings is 2. The van der Waals surface area contributed by atoms with Crippen LogP contribution in [0.4, 0.5) is 0 Å². The van der Waals surface area contributed by atoms with Crippen LogP contribution >= 0.6 is 0 Å². The van der Waals surface area contributed by atoms with E-state index in [-0.39, 0.29) is 42.6 Å². The predicted octanol–water partition coefficient (Wildman–Crippen LogP) is 1.84. The molecule has 2 aromatic carbocycles. The van der Waals surface area contributed by atoms with Crippen LogP contribution < -0.4 is 21.7 Å². The van der Waals surface area contributed by atoms with E-state index in [1.54, 1.807) is 24.3 Å². The molecule has 41 heavy (non-hydrogen) atoms. The lowest BCUT2D eigenvalue weighted by atomic mass is 10.00. The van der Waals surface area contributed by atoms with Gasteiger partial charge in [-0.3, -0.25) is 14.4 Å². The molecule has 0 bridgehead atoms. The van der Waals surface area contributed by atoms with Crippen molar-refractivity contribution < 1.29 is 34.5 Å². The molecule has 8 N–H and O–H groups in total. The lowest BCUT2D eigenvalue weighted by molar-refractivity contribution is -0.142. The van der Waals surface area contributed by atoms with E-state index in [1.807, 2.05) is 27.7 Å². The Morgan fingerprint density at radius 2 is 1.00 bits per heavy atom. The van der Waals surface area contributed by atoms with Crippen LogP contribution in [0.1, 0.15) is 51.7 Å². The first-order valence-electron chi connectivity index (χ1n) is 13.7. The summed E-state index contributed by atoms with van der Waals surface area (Å²) in [6.07, 6.45) is 0.634. The molecule has 0 saturated carbocycles. The topological polar surface area (TPSA) is 191 Å². The Balaban J connectivity index is 2.34. The Morgan fingerprint density at radius 1 is 0.634 bits per heavy atom. The third kappa shape index (κ3) is 11.5. The summed E-state index contributed by atoms with van der Waals surface area (Å²) in [5.74, 6) is -2.90. The Bertz CT molecular complexity index is 1170. The summed E-state index contributed by atoms with van der Waals surface area (Å²) >= 11 is 0. The summed E-state index contributed by atoms with van der Waals surface area (Å²) in [5, 5.41) is 36.8. The van der Waals surface area contributed by atoms with E-state index in [1.165, 1.54) is 24.3 Å². The molecule has 2 rings (SSSR count). The van der Waals surface area contributed by atoms with Gasteiger partial charge in [0.1, 0.15) is 29.6 Å². The van der Waals surface area contributed by atoms with E-state index >= 15 is 0 Å². The van der Waals surface area contributed by atoms with Crippen LogP contribution in [-0.2, 0) is 32.0 Å². The van der Waals surface area contributed by atoms with Crippen molar-refractivity contribution in [2.24, 2.45) is 17.6 Å². The maximum atomic E-state index is 13.6. The molecule has 0 fully saturated rings. The molecule has 0 aliphatic carbocycles. The molecule has 11 heteroatoms. The maximum absolute atomic E-state index is 13.6. The molecular formula is C30H42N4O7. The van der Waals surface area contributed by atoms with Crippen LogP contribution in [-0.4, -0.2) is 63.2 Å². The second kappa shape index (κ2) is 15.6. The number of hydrogen-bond acceptors (Lipinski definition) is 7. The van der Waals surface area contributed by atoms with Crippen LogP contribution in [0.2, 0.25) is 0 Å². The molecule has 3 amide bonds. The second-order valence-electron chi connectivity index (χ2n) is 11.1. The Morgan fingerprint density at radius 3 is 1.37 bits per heavy atom. The largest absolute Gasteiger partial charge is 0.508 e. The third-order valence-electron chi connectivity index (χ3n) is 6.40. The highest BCUT2D eigenvalue weighted by molar-refractivity contribution is 5.94. The number of nitrogens with one attached hydrogen (secondary N) is 3. The number of rotatable bonds is 15. The lowest BCUT2D eigenvalue weighted by Gasteiger charge is -2.26. The van der Waals surface area contributed by atoms with Gasteiger partial charge >= 0.3 is 5.97 Å². The van der Waals surface area contributed by atoms with E-state index < -0.39 is 47.9 Å². The number of nitrogens with two attached hydrogens (primary N) is 1. The van der Waals surface area contributed by atoms with Crippen molar-refractivity contribution in [1.82, 2.24) is 16.0 Å². The van der Waals surface area contributed by atoms with Crippen molar-refractivity contribution in [2.45, 2.75) is 77.5 Å². The summed E-state index contributed by atoms with van der Waals surface area (Å²) in [6, 6.07) is 7.87. The quantitative estimate of drug-likeness (QED) is 0.169. The van der Waals surface area contributed by atoms with E-state index in [0.717, 1.165) is 0 Å². The predicted molar refractivity (Wildman–Crippen MR) is 154 cm³/mol. The highest BCUT2D eigenvalue weighted by atomic mass is 16.4. The summed E-state index contributed by atoms with van der Waals surface area (Å²) in [4.78, 5) is 51.6. The van der Waals surface area contributed by atoms with Gasteiger partial charge in [0.25, 0.3) is 0 Å². The molecule has 0 radical (unpaired) electrons. The summed E-state index contributed by atoms with van der Waals surface area (Å²) in [6.45, 7) is 7.50. The van der Waals surface area contributed by atoms with Crippen molar-refractivity contribution in [1.29, 1.82) is 0 Å². The molecule has 2 aromatic rings. The standard InChI is InChI=1S/C30H42N4O7/c1-17(2)13-23(31)27(37)32-24(15-19-5-9-21(35)10-6-19)28(38)33-25(16-20-7-11-22(36)12-8-20)29(39)34-26(30(40)41)14-18(3)4/h5-12,17-18,23-26,35-36H,13-16,31H2,1-4H3,(H,32,37)(H,33,38)(H,34,39)(H,40,41). The van der Waals surface area contributed by atoms with Crippen molar-refractivity contribution in [2.75, 3.05) is 0 Å².